The van der Waals surface area contributed by atoms with Gasteiger partial charge in [-0.3, -0.25) is 10.1 Å². The van der Waals surface area contributed by atoms with Gasteiger partial charge in [0, 0.05) is 17.7 Å². The van der Waals surface area contributed by atoms with Crippen molar-refractivity contribution in [2.45, 2.75) is 40.2 Å². The molecule has 0 spiro atoms. The maximum atomic E-state index is 12.1. The Labute approximate surface area is 156 Å². The van der Waals surface area contributed by atoms with Gasteiger partial charge in [0.05, 0.1) is 12.6 Å². The van der Waals surface area contributed by atoms with Gasteiger partial charge < -0.3 is 10.5 Å². The Bertz CT molecular complexity index is 699. The van der Waals surface area contributed by atoms with Gasteiger partial charge in [-0.25, -0.2) is 4.99 Å². The Kier molecular flexibility index (Phi) is 9.54. The van der Waals surface area contributed by atoms with Gasteiger partial charge in [-0.15, -0.1) is 0 Å². The molecule has 0 aromatic heterocycles. The summed E-state index contributed by atoms with van der Waals surface area (Å²) in [5.41, 5.74) is 8.10. The van der Waals surface area contributed by atoms with Gasteiger partial charge in [0.1, 0.15) is 0 Å². The second kappa shape index (κ2) is 11.7. The molecule has 5 heteroatoms. The number of nitrogens with two attached hydrogens (primary N) is 1. The van der Waals surface area contributed by atoms with Crippen molar-refractivity contribution in [1.29, 1.82) is 0 Å². The van der Waals surface area contributed by atoms with Crippen molar-refractivity contribution in [2.24, 2.45) is 4.99 Å². The number of hydrogen-bond acceptors (Lipinski definition) is 4. The van der Waals surface area contributed by atoms with E-state index in [-0.39, 0.29) is 18.0 Å². The number of nitrogen functional groups attached to an aromatic ring is 1. The first kappa shape index (κ1) is 21.2. The van der Waals surface area contributed by atoms with Crippen LogP contribution in [0.3, 0.4) is 0 Å². The number of ether oxygens (including phenoxy) is 1. The molecule has 1 amide bonds. The number of carbonyl (C=O) groups is 1. The number of carbonyl (C=O) groups excluding carboxylic acids is 1. The molecule has 0 aliphatic carbocycles. The maximum absolute atomic E-state index is 12.1. The number of benzene rings is 2. The lowest BCUT2D eigenvalue weighted by atomic mass is 10.0. The third-order valence-corrected chi connectivity index (χ3v) is 3.46. The minimum Gasteiger partial charge on any atom is -0.465 e. The summed E-state index contributed by atoms with van der Waals surface area (Å²) in [6.45, 7) is 8.51. The molecule has 2 aromatic rings. The van der Waals surface area contributed by atoms with Crippen LogP contribution in [0.2, 0.25) is 0 Å². The summed E-state index contributed by atoms with van der Waals surface area (Å²) >= 11 is 0. The highest BCUT2D eigenvalue weighted by Gasteiger charge is 2.20. The van der Waals surface area contributed by atoms with Crippen LogP contribution in [0, 0.1) is 0 Å². The minimum absolute atomic E-state index is 0.0525. The summed E-state index contributed by atoms with van der Waals surface area (Å²) in [5, 5.41) is 2.71. The third kappa shape index (κ3) is 6.24. The van der Waals surface area contributed by atoms with E-state index in [1.807, 2.05) is 70.2 Å². The number of anilines is 1. The summed E-state index contributed by atoms with van der Waals surface area (Å²) in [4.78, 5) is 16.6. The third-order valence-electron chi connectivity index (χ3n) is 3.46. The molecule has 2 aromatic carbocycles. The van der Waals surface area contributed by atoms with Crippen molar-refractivity contribution in [3.8, 4) is 0 Å². The molecule has 1 aliphatic rings. The zero-order valence-electron chi connectivity index (χ0n) is 16.0. The summed E-state index contributed by atoms with van der Waals surface area (Å²) in [6, 6.07) is 16.8. The van der Waals surface area contributed by atoms with E-state index in [1.54, 1.807) is 12.1 Å². The second-order valence-electron chi connectivity index (χ2n) is 5.08. The van der Waals surface area contributed by atoms with Crippen LogP contribution in [0.25, 0.3) is 0 Å². The van der Waals surface area contributed by atoms with Crippen LogP contribution in [0.15, 0.2) is 59.6 Å². The smallest absolute Gasteiger partial charge is 0.292 e. The summed E-state index contributed by atoms with van der Waals surface area (Å²) in [5.74, 6) is -0.229. The average molecular weight is 355 g/mol. The van der Waals surface area contributed by atoms with Crippen molar-refractivity contribution in [3.05, 3.63) is 65.7 Å². The first-order valence-corrected chi connectivity index (χ1v) is 9.15. The molecule has 3 rings (SSSR count). The van der Waals surface area contributed by atoms with E-state index in [1.165, 1.54) is 0 Å². The van der Waals surface area contributed by atoms with Crippen molar-refractivity contribution >= 4 is 17.6 Å². The van der Waals surface area contributed by atoms with E-state index >= 15 is 0 Å². The number of amides is 1. The highest BCUT2D eigenvalue weighted by Crippen LogP contribution is 2.25. The fraction of sp³-hybridized carbons (Fsp3) is 0.333. The Morgan fingerprint density at radius 1 is 1.08 bits per heavy atom. The van der Waals surface area contributed by atoms with Gasteiger partial charge in [0.2, 0.25) is 0 Å². The van der Waals surface area contributed by atoms with Gasteiger partial charge in [-0.05, 0) is 29.8 Å². The number of nitrogens with zero attached hydrogens (tertiary/aromatic N) is 1. The van der Waals surface area contributed by atoms with Crippen molar-refractivity contribution in [3.63, 3.8) is 0 Å². The van der Waals surface area contributed by atoms with Crippen LogP contribution in [-0.4, -0.2) is 18.5 Å². The van der Waals surface area contributed by atoms with Crippen LogP contribution in [0.5, 0.6) is 0 Å². The predicted molar refractivity (Wildman–Crippen MR) is 108 cm³/mol. The molecular weight excluding hydrogens is 326 g/mol. The SMILES string of the molecule is CC.CC.Nc1cccc(C2CCOC(NC(=O)c3ccccc3)=N2)c1. The highest BCUT2D eigenvalue weighted by atomic mass is 16.5. The quantitative estimate of drug-likeness (QED) is 0.775. The zero-order chi connectivity index (χ0) is 19.4. The van der Waals surface area contributed by atoms with E-state index < -0.39 is 0 Å². The van der Waals surface area contributed by atoms with Gasteiger partial charge >= 0.3 is 0 Å². The zero-order valence-corrected chi connectivity index (χ0v) is 16.0. The standard InChI is InChI=1S/C17H17N3O2.2C2H6/c18-14-8-4-7-13(11-14)15-9-10-22-17(19-15)20-16(21)12-5-2-1-3-6-12;2*1-2/h1-8,11,15H,9-10,18H2,(H,19,20,21);2*1-2H3. The Morgan fingerprint density at radius 3 is 2.42 bits per heavy atom. The number of amidine groups is 1. The molecule has 1 aliphatic heterocycles. The number of rotatable bonds is 2. The van der Waals surface area contributed by atoms with E-state index in [0.29, 0.717) is 17.9 Å². The first-order valence-electron chi connectivity index (χ1n) is 9.15. The maximum Gasteiger partial charge on any atom is 0.292 e. The van der Waals surface area contributed by atoms with Crippen molar-refractivity contribution in [1.82, 2.24) is 5.32 Å². The number of aliphatic imine (C=N–C) groups is 1. The summed E-state index contributed by atoms with van der Waals surface area (Å²) in [7, 11) is 0. The van der Waals surface area contributed by atoms with Gasteiger partial charge in [0.15, 0.2) is 0 Å². The van der Waals surface area contributed by atoms with Crippen LogP contribution in [0.1, 0.15) is 56.1 Å². The van der Waals surface area contributed by atoms with E-state index in [2.05, 4.69) is 10.3 Å². The van der Waals surface area contributed by atoms with Crippen LogP contribution < -0.4 is 11.1 Å². The van der Waals surface area contributed by atoms with Crippen LogP contribution in [0.4, 0.5) is 5.69 Å². The molecule has 0 fully saturated rings. The lowest BCUT2D eigenvalue weighted by Gasteiger charge is -2.21. The topological polar surface area (TPSA) is 76.7 Å². The molecule has 0 radical (unpaired) electrons. The van der Waals surface area contributed by atoms with E-state index in [0.717, 1.165) is 12.0 Å². The first-order chi connectivity index (χ1) is 12.7. The van der Waals surface area contributed by atoms with E-state index in [4.69, 9.17) is 10.5 Å². The molecule has 1 atom stereocenters. The molecule has 140 valence electrons. The van der Waals surface area contributed by atoms with Crippen LogP contribution in [-0.2, 0) is 4.74 Å². The van der Waals surface area contributed by atoms with Gasteiger partial charge in [-0.2, -0.15) is 0 Å². The summed E-state index contributed by atoms with van der Waals surface area (Å²) < 4.78 is 5.44. The molecule has 26 heavy (non-hydrogen) atoms. The molecule has 5 nitrogen and oxygen atoms in total. The predicted octanol–water partition coefficient (Wildman–Crippen LogP) is 4.57. The lowest BCUT2D eigenvalue weighted by molar-refractivity contribution is 0.0962. The second-order valence-corrected chi connectivity index (χ2v) is 5.08. The minimum atomic E-state index is -0.229. The monoisotopic (exact) mass is 355 g/mol. The molecule has 0 saturated heterocycles. The molecular formula is C21H29N3O2. The molecule has 0 bridgehead atoms. The number of nitrogens with one attached hydrogen (secondary N) is 1. The molecule has 0 saturated carbocycles. The van der Waals surface area contributed by atoms with Crippen molar-refractivity contribution in [2.75, 3.05) is 12.3 Å². The van der Waals surface area contributed by atoms with Crippen LogP contribution >= 0.6 is 0 Å². The summed E-state index contributed by atoms with van der Waals surface area (Å²) in [6.07, 6.45) is 0.758. The lowest BCUT2D eigenvalue weighted by Crippen LogP contribution is -2.35. The average Bonchev–Trinajstić information content (AvgIpc) is 2.72. The van der Waals surface area contributed by atoms with Crippen molar-refractivity contribution < 1.29 is 9.53 Å². The fourth-order valence-electron chi connectivity index (χ4n) is 2.35. The highest BCUT2D eigenvalue weighted by molar-refractivity contribution is 6.04. The Morgan fingerprint density at radius 2 is 1.77 bits per heavy atom. The Balaban J connectivity index is 0.000000791. The normalized spacial score (nSPS) is 15.1. The van der Waals surface area contributed by atoms with E-state index in [9.17, 15) is 4.79 Å². The Hall–Kier alpha value is -2.82. The van der Waals surface area contributed by atoms with Gasteiger partial charge in [-0.1, -0.05) is 58.0 Å². The number of hydrogen-bond donors (Lipinski definition) is 2. The molecule has 1 heterocycles. The van der Waals surface area contributed by atoms with Gasteiger partial charge in [0.25, 0.3) is 11.9 Å². The molecule has 1 unspecified atom stereocenters. The fourth-order valence-corrected chi connectivity index (χ4v) is 2.35. The largest absolute Gasteiger partial charge is 0.465 e. The molecule has 3 N–H and O–H groups in total.